The van der Waals surface area contributed by atoms with Gasteiger partial charge in [-0.2, -0.15) is 0 Å². The minimum absolute atomic E-state index is 0.194. The molecule has 1 heterocycles. The van der Waals surface area contributed by atoms with Crippen LogP contribution >= 0.6 is 0 Å². The fourth-order valence-electron chi connectivity index (χ4n) is 2.03. The number of hydrogen-bond donors (Lipinski definition) is 1. The third-order valence-corrected chi connectivity index (χ3v) is 3.20. The van der Waals surface area contributed by atoms with Crippen LogP contribution in [-0.2, 0) is 5.54 Å². The lowest BCUT2D eigenvalue weighted by molar-refractivity contribution is 0.383. The van der Waals surface area contributed by atoms with Gasteiger partial charge in [-0.1, -0.05) is 0 Å². The maximum atomic E-state index is 6.37. The van der Waals surface area contributed by atoms with Crippen LogP contribution in [-0.4, -0.2) is 9.55 Å². The Labute approximate surface area is 85.3 Å². The van der Waals surface area contributed by atoms with Crippen molar-refractivity contribution < 1.29 is 0 Å². The number of nitrogens with two attached hydrogens (primary N) is 1. The Morgan fingerprint density at radius 2 is 2.21 bits per heavy atom. The molecule has 1 unspecified atom stereocenters. The van der Waals surface area contributed by atoms with Gasteiger partial charge in [-0.15, -0.1) is 0 Å². The SMILES string of the molecule is CC(C)n1cncc1C(C)(N)C1CC1. The van der Waals surface area contributed by atoms with Gasteiger partial charge in [0.25, 0.3) is 0 Å². The number of nitrogens with zero attached hydrogens (tertiary/aromatic N) is 2. The molecule has 0 aromatic carbocycles. The lowest BCUT2D eigenvalue weighted by Crippen LogP contribution is -2.37. The summed E-state index contributed by atoms with van der Waals surface area (Å²) < 4.78 is 2.18. The standard InChI is InChI=1S/C11H19N3/c1-8(2)14-7-13-6-10(14)11(3,12)9-4-5-9/h6-9H,4-5,12H2,1-3H3. The first-order chi connectivity index (χ1) is 6.53. The van der Waals surface area contributed by atoms with E-state index < -0.39 is 0 Å². The van der Waals surface area contributed by atoms with E-state index in [0.717, 1.165) is 0 Å². The summed E-state index contributed by atoms with van der Waals surface area (Å²) in [5.41, 5.74) is 7.35. The van der Waals surface area contributed by atoms with Crippen molar-refractivity contribution in [1.82, 2.24) is 9.55 Å². The van der Waals surface area contributed by atoms with Crippen molar-refractivity contribution in [1.29, 1.82) is 0 Å². The lowest BCUT2D eigenvalue weighted by Gasteiger charge is -2.27. The summed E-state index contributed by atoms with van der Waals surface area (Å²) in [4.78, 5) is 4.20. The van der Waals surface area contributed by atoms with Gasteiger partial charge in [0.2, 0.25) is 0 Å². The van der Waals surface area contributed by atoms with Gasteiger partial charge in [0.05, 0.1) is 23.8 Å². The van der Waals surface area contributed by atoms with Gasteiger partial charge in [-0.25, -0.2) is 4.98 Å². The molecule has 0 bridgehead atoms. The van der Waals surface area contributed by atoms with Crippen molar-refractivity contribution in [2.24, 2.45) is 11.7 Å². The van der Waals surface area contributed by atoms with E-state index in [1.165, 1.54) is 18.5 Å². The Bertz CT molecular complexity index is 321. The molecule has 0 saturated heterocycles. The number of hydrogen-bond acceptors (Lipinski definition) is 2. The van der Waals surface area contributed by atoms with Crippen molar-refractivity contribution in [3.63, 3.8) is 0 Å². The lowest BCUT2D eigenvalue weighted by atomic mass is 9.93. The maximum absolute atomic E-state index is 6.37. The van der Waals surface area contributed by atoms with Gasteiger partial charge >= 0.3 is 0 Å². The van der Waals surface area contributed by atoms with Crippen LogP contribution in [0.1, 0.15) is 45.3 Å². The zero-order valence-electron chi connectivity index (χ0n) is 9.20. The molecule has 1 aromatic rings. The molecule has 14 heavy (non-hydrogen) atoms. The van der Waals surface area contributed by atoms with E-state index in [-0.39, 0.29) is 5.54 Å². The van der Waals surface area contributed by atoms with Gasteiger partial charge in [-0.05, 0) is 39.5 Å². The molecule has 0 radical (unpaired) electrons. The molecule has 1 aliphatic rings. The molecule has 1 aromatic heterocycles. The maximum Gasteiger partial charge on any atom is 0.0951 e. The van der Waals surface area contributed by atoms with E-state index in [1.54, 1.807) is 0 Å². The predicted octanol–water partition coefficient (Wildman–Crippen LogP) is 2.05. The Balaban J connectivity index is 2.34. The first-order valence-corrected chi connectivity index (χ1v) is 5.34. The highest BCUT2D eigenvalue weighted by atomic mass is 15.1. The summed E-state index contributed by atoms with van der Waals surface area (Å²) >= 11 is 0. The fraction of sp³-hybridized carbons (Fsp3) is 0.727. The molecular weight excluding hydrogens is 174 g/mol. The molecule has 1 fully saturated rings. The number of imidazole rings is 1. The van der Waals surface area contributed by atoms with Crippen LogP contribution in [0.15, 0.2) is 12.5 Å². The zero-order valence-corrected chi connectivity index (χ0v) is 9.20. The summed E-state index contributed by atoms with van der Waals surface area (Å²) in [7, 11) is 0. The second kappa shape index (κ2) is 3.09. The van der Waals surface area contributed by atoms with Crippen molar-refractivity contribution in [2.75, 3.05) is 0 Å². The second-order valence-electron chi connectivity index (χ2n) is 4.84. The molecule has 2 rings (SSSR count). The predicted molar refractivity (Wildman–Crippen MR) is 56.9 cm³/mol. The van der Waals surface area contributed by atoms with Gasteiger partial charge < -0.3 is 10.3 Å². The van der Waals surface area contributed by atoms with E-state index in [9.17, 15) is 0 Å². The molecule has 0 spiro atoms. The minimum Gasteiger partial charge on any atom is -0.330 e. The molecule has 0 amide bonds. The first-order valence-electron chi connectivity index (χ1n) is 5.34. The van der Waals surface area contributed by atoms with Crippen molar-refractivity contribution in [3.05, 3.63) is 18.2 Å². The normalized spacial score (nSPS) is 21.2. The summed E-state index contributed by atoms with van der Waals surface area (Å²) in [5, 5.41) is 0. The van der Waals surface area contributed by atoms with Gasteiger partial charge in [0.15, 0.2) is 0 Å². The summed E-state index contributed by atoms with van der Waals surface area (Å²) in [5.74, 6) is 0.650. The molecule has 3 nitrogen and oxygen atoms in total. The third kappa shape index (κ3) is 1.46. The Kier molecular flexibility index (Phi) is 2.14. The first kappa shape index (κ1) is 9.71. The van der Waals surface area contributed by atoms with Crippen molar-refractivity contribution >= 4 is 0 Å². The van der Waals surface area contributed by atoms with Gasteiger partial charge in [0, 0.05) is 6.04 Å². The van der Waals surface area contributed by atoms with E-state index >= 15 is 0 Å². The van der Waals surface area contributed by atoms with Crippen LogP contribution in [0.3, 0.4) is 0 Å². The Morgan fingerprint density at radius 3 is 2.71 bits per heavy atom. The highest BCUT2D eigenvalue weighted by Crippen LogP contribution is 2.43. The topological polar surface area (TPSA) is 43.8 Å². The Morgan fingerprint density at radius 1 is 1.57 bits per heavy atom. The quantitative estimate of drug-likeness (QED) is 0.798. The van der Waals surface area contributed by atoms with Crippen LogP contribution in [0.5, 0.6) is 0 Å². The summed E-state index contributed by atoms with van der Waals surface area (Å²) in [6.07, 6.45) is 6.32. The van der Waals surface area contributed by atoms with E-state index in [2.05, 4.69) is 30.3 Å². The smallest absolute Gasteiger partial charge is 0.0951 e. The molecule has 0 aliphatic heterocycles. The Hall–Kier alpha value is -0.830. The second-order valence-corrected chi connectivity index (χ2v) is 4.84. The van der Waals surface area contributed by atoms with Gasteiger partial charge in [-0.3, -0.25) is 0 Å². The fourth-order valence-corrected chi connectivity index (χ4v) is 2.03. The summed E-state index contributed by atoms with van der Waals surface area (Å²) in [6, 6.07) is 0.439. The highest BCUT2D eigenvalue weighted by molar-refractivity contribution is 5.17. The minimum atomic E-state index is -0.194. The average Bonchev–Trinajstić information content (AvgIpc) is 2.82. The summed E-state index contributed by atoms with van der Waals surface area (Å²) in [6.45, 7) is 6.45. The van der Waals surface area contributed by atoms with Crippen LogP contribution in [0.4, 0.5) is 0 Å². The van der Waals surface area contributed by atoms with Crippen LogP contribution < -0.4 is 5.73 Å². The molecule has 1 saturated carbocycles. The number of aromatic nitrogens is 2. The zero-order chi connectivity index (χ0) is 10.3. The highest BCUT2D eigenvalue weighted by Gasteiger charge is 2.41. The molecule has 3 heteroatoms. The largest absolute Gasteiger partial charge is 0.330 e. The third-order valence-electron chi connectivity index (χ3n) is 3.20. The molecule has 78 valence electrons. The van der Waals surface area contributed by atoms with Crippen molar-refractivity contribution in [2.45, 2.75) is 45.2 Å². The number of rotatable bonds is 3. The molecule has 2 N–H and O–H groups in total. The van der Waals surface area contributed by atoms with Crippen molar-refractivity contribution in [3.8, 4) is 0 Å². The van der Waals surface area contributed by atoms with E-state index in [4.69, 9.17) is 5.73 Å². The molecule has 1 atom stereocenters. The average molecular weight is 193 g/mol. The monoisotopic (exact) mass is 193 g/mol. The molecular formula is C11H19N3. The molecule has 1 aliphatic carbocycles. The van der Waals surface area contributed by atoms with Gasteiger partial charge in [0.1, 0.15) is 0 Å². The van der Waals surface area contributed by atoms with E-state index in [1.807, 2.05) is 12.5 Å². The van der Waals surface area contributed by atoms with Crippen LogP contribution in [0.2, 0.25) is 0 Å². The van der Waals surface area contributed by atoms with Crippen LogP contribution in [0.25, 0.3) is 0 Å². The van der Waals surface area contributed by atoms with Crippen LogP contribution in [0, 0.1) is 5.92 Å². The van der Waals surface area contributed by atoms with E-state index in [0.29, 0.717) is 12.0 Å².